The summed E-state index contributed by atoms with van der Waals surface area (Å²) in [6.45, 7) is 2.36. The fraction of sp³-hybridized carbons (Fsp3) is 0.360. The van der Waals surface area contributed by atoms with E-state index in [4.69, 9.17) is 16.3 Å². The van der Waals surface area contributed by atoms with Gasteiger partial charge in [-0.15, -0.1) is 0 Å². The molecule has 10 nitrogen and oxygen atoms in total. The number of ether oxygens (including phenoxy) is 1. The first-order chi connectivity index (χ1) is 17.3. The predicted octanol–water partition coefficient (Wildman–Crippen LogP) is 2.43. The first-order valence-corrected chi connectivity index (χ1v) is 12.2. The van der Waals surface area contributed by atoms with Gasteiger partial charge in [-0.25, -0.2) is 4.79 Å². The van der Waals surface area contributed by atoms with Crippen molar-refractivity contribution in [2.75, 3.05) is 17.2 Å². The van der Waals surface area contributed by atoms with Gasteiger partial charge < -0.3 is 26.0 Å². The van der Waals surface area contributed by atoms with Crippen LogP contribution in [0.1, 0.15) is 36.5 Å². The molecule has 11 heteroatoms. The minimum absolute atomic E-state index is 0.126. The van der Waals surface area contributed by atoms with Gasteiger partial charge in [0.05, 0.1) is 30.2 Å². The smallest absolute Gasteiger partial charge is 0.338 e. The number of fused-ring (bicyclic) bond motifs is 1. The topological polar surface area (TPSA) is 138 Å². The monoisotopic (exact) mass is 513 g/mol. The van der Waals surface area contributed by atoms with Crippen molar-refractivity contribution in [3.63, 3.8) is 0 Å². The van der Waals surface area contributed by atoms with Gasteiger partial charge in [-0.3, -0.25) is 19.7 Å². The molecule has 2 aromatic rings. The summed E-state index contributed by atoms with van der Waals surface area (Å²) in [5.41, 5.74) is 1.53. The Labute approximate surface area is 213 Å². The van der Waals surface area contributed by atoms with Crippen molar-refractivity contribution in [3.8, 4) is 0 Å². The van der Waals surface area contributed by atoms with Crippen LogP contribution in [0, 0.1) is 11.8 Å². The number of carbonyl (C=O) groups is 4. The summed E-state index contributed by atoms with van der Waals surface area (Å²) in [5, 5.41) is 15.1. The van der Waals surface area contributed by atoms with E-state index in [1.165, 1.54) is 0 Å². The number of piperidine rings is 1. The van der Waals surface area contributed by atoms with E-state index >= 15 is 0 Å². The third-order valence-corrected chi connectivity index (χ3v) is 6.31. The molecule has 2 fully saturated rings. The SMILES string of the molecule is CCCCOC(=O)c1ccc(NC(=O)C2CC(=O)NC3NC(Nc4ccc(Cl)cc4)NC(=O)C32)cc1. The van der Waals surface area contributed by atoms with Gasteiger partial charge in [-0.05, 0) is 55.0 Å². The minimum atomic E-state index is -0.883. The molecule has 190 valence electrons. The highest BCUT2D eigenvalue weighted by Crippen LogP contribution is 2.28. The molecule has 0 aromatic heterocycles. The molecule has 2 aromatic carbocycles. The number of hydrogen-bond acceptors (Lipinski definition) is 7. The van der Waals surface area contributed by atoms with Gasteiger partial charge in [0.2, 0.25) is 17.7 Å². The first kappa shape index (κ1) is 25.5. The molecule has 5 N–H and O–H groups in total. The van der Waals surface area contributed by atoms with Crippen molar-refractivity contribution >= 4 is 46.7 Å². The lowest BCUT2D eigenvalue weighted by molar-refractivity contribution is -0.144. The average molecular weight is 514 g/mol. The number of anilines is 2. The van der Waals surface area contributed by atoms with Crippen LogP contribution in [-0.2, 0) is 19.1 Å². The maximum absolute atomic E-state index is 13.1. The van der Waals surface area contributed by atoms with Gasteiger partial charge in [0, 0.05) is 22.8 Å². The standard InChI is InChI=1S/C25H28ClN5O5/c1-2-3-12-36-24(35)14-4-8-16(9-5-14)27-22(33)18-13-19(32)29-21-20(18)23(34)31-25(30-21)28-17-10-6-15(26)7-11-17/h4-11,18,20-21,25,28,30H,2-3,12-13H2,1H3,(H,27,33)(H,29,32)(H,31,34). The van der Waals surface area contributed by atoms with Crippen LogP contribution in [0.25, 0.3) is 0 Å². The summed E-state index contributed by atoms with van der Waals surface area (Å²) in [4.78, 5) is 50.5. The quantitative estimate of drug-likeness (QED) is 0.270. The maximum Gasteiger partial charge on any atom is 0.338 e. The van der Waals surface area contributed by atoms with E-state index in [0.29, 0.717) is 28.6 Å². The Morgan fingerprint density at radius 3 is 2.42 bits per heavy atom. The number of hydrogen-bond donors (Lipinski definition) is 5. The molecule has 4 rings (SSSR count). The van der Waals surface area contributed by atoms with Gasteiger partial charge in [0.1, 0.15) is 0 Å². The third kappa shape index (κ3) is 6.13. The molecular formula is C25H28ClN5O5. The highest BCUT2D eigenvalue weighted by Gasteiger charge is 2.48. The number of halogens is 1. The van der Waals surface area contributed by atoms with Gasteiger partial charge in [0.15, 0.2) is 6.29 Å². The van der Waals surface area contributed by atoms with Crippen LogP contribution in [0.5, 0.6) is 0 Å². The number of rotatable bonds is 8. The second kappa shape index (κ2) is 11.4. The second-order valence-electron chi connectivity index (χ2n) is 8.70. The average Bonchev–Trinajstić information content (AvgIpc) is 2.85. The Morgan fingerprint density at radius 2 is 1.72 bits per heavy atom. The van der Waals surface area contributed by atoms with Crippen molar-refractivity contribution in [1.29, 1.82) is 0 Å². The molecule has 4 unspecified atom stereocenters. The van der Waals surface area contributed by atoms with Crippen LogP contribution < -0.4 is 26.6 Å². The lowest BCUT2D eigenvalue weighted by Gasteiger charge is -2.43. The number of unbranched alkanes of at least 4 members (excludes halogenated alkanes) is 1. The van der Waals surface area contributed by atoms with E-state index in [0.717, 1.165) is 12.8 Å². The highest BCUT2D eigenvalue weighted by molar-refractivity contribution is 6.30. The molecule has 3 amide bonds. The molecule has 2 heterocycles. The Bertz CT molecular complexity index is 1120. The van der Waals surface area contributed by atoms with E-state index in [2.05, 4.69) is 26.6 Å². The normalized spacial score (nSPS) is 23.1. The van der Waals surface area contributed by atoms with Crippen molar-refractivity contribution in [2.45, 2.75) is 38.6 Å². The number of esters is 1. The fourth-order valence-electron chi connectivity index (χ4n) is 4.18. The molecule has 36 heavy (non-hydrogen) atoms. The molecular weight excluding hydrogens is 486 g/mol. The predicted molar refractivity (Wildman–Crippen MR) is 134 cm³/mol. The summed E-state index contributed by atoms with van der Waals surface area (Å²) >= 11 is 5.91. The Balaban J connectivity index is 1.39. The van der Waals surface area contributed by atoms with Crippen LogP contribution in [0.3, 0.4) is 0 Å². The Kier molecular flexibility index (Phi) is 8.07. The van der Waals surface area contributed by atoms with Crippen LogP contribution in [0.2, 0.25) is 5.02 Å². The van der Waals surface area contributed by atoms with Gasteiger partial charge in [-0.1, -0.05) is 24.9 Å². The van der Waals surface area contributed by atoms with Crippen LogP contribution in [-0.4, -0.2) is 42.8 Å². The number of carbonyl (C=O) groups excluding carboxylic acids is 4. The highest BCUT2D eigenvalue weighted by atomic mass is 35.5. The second-order valence-corrected chi connectivity index (χ2v) is 9.13. The lowest BCUT2D eigenvalue weighted by Crippen LogP contribution is -2.72. The van der Waals surface area contributed by atoms with Crippen molar-refractivity contribution in [2.24, 2.45) is 11.8 Å². The minimum Gasteiger partial charge on any atom is -0.462 e. The van der Waals surface area contributed by atoms with Crippen molar-refractivity contribution < 1.29 is 23.9 Å². The molecule has 4 atom stereocenters. The van der Waals surface area contributed by atoms with Gasteiger partial charge in [0.25, 0.3) is 0 Å². The zero-order chi connectivity index (χ0) is 25.7. The molecule has 0 aliphatic carbocycles. The van der Waals surface area contributed by atoms with E-state index in [1.54, 1.807) is 48.5 Å². The van der Waals surface area contributed by atoms with Crippen LogP contribution >= 0.6 is 11.6 Å². The molecule has 0 radical (unpaired) electrons. The Hall–Kier alpha value is -3.63. The van der Waals surface area contributed by atoms with Gasteiger partial charge >= 0.3 is 5.97 Å². The summed E-state index contributed by atoms with van der Waals surface area (Å²) < 4.78 is 5.19. The third-order valence-electron chi connectivity index (χ3n) is 6.06. The van der Waals surface area contributed by atoms with E-state index in [-0.39, 0.29) is 18.2 Å². The maximum atomic E-state index is 13.1. The first-order valence-electron chi connectivity index (χ1n) is 11.8. The molecule has 2 aliphatic heterocycles. The summed E-state index contributed by atoms with van der Waals surface area (Å²) in [6.07, 6.45) is 0.190. The number of benzene rings is 2. The van der Waals surface area contributed by atoms with Crippen molar-refractivity contribution in [1.82, 2.24) is 16.0 Å². The van der Waals surface area contributed by atoms with Gasteiger partial charge in [-0.2, -0.15) is 0 Å². The number of nitrogens with one attached hydrogen (secondary N) is 5. The molecule has 2 saturated heterocycles. The van der Waals surface area contributed by atoms with E-state index in [9.17, 15) is 19.2 Å². The lowest BCUT2D eigenvalue weighted by atomic mass is 9.81. The van der Waals surface area contributed by atoms with Crippen LogP contribution in [0.4, 0.5) is 11.4 Å². The largest absolute Gasteiger partial charge is 0.462 e. The zero-order valence-corrected chi connectivity index (χ0v) is 20.4. The van der Waals surface area contributed by atoms with Crippen LogP contribution in [0.15, 0.2) is 48.5 Å². The summed E-state index contributed by atoms with van der Waals surface area (Å²) in [6, 6.07) is 13.2. The molecule has 0 saturated carbocycles. The number of amides is 3. The molecule has 0 spiro atoms. The summed E-state index contributed by atoms with van der Waals surface area (Å²) in [7, 11) is 0. The Morgan fingerprint density at radius 1 is 1.03 bits per heavy atom. The van der Waals surface area contributed by atoms with Crippen molar-refractivity contribution in [3.05, 3.63) is 59.1 Å². The molecule has 0 bridgehead atoms. The molecule has 2 aliphatic rings. The zero-order valence-electron chi connectivity index (χ0n) is 19.7. The van der Waals surface area contributed by atoms with E-state index < -0.39 is 36.2 Å². The summed E-state index contributed by atoms with van der Waals surface area (Å²) in [5.74, 6) is -3.28. The fourth-order valence-corrected chi connectivity index (χ4v) is 4.31. The van der Waals surface area contributed by atoms with E-state index in [1.807, 2.05) is 6.92 Å².